The second-order valence-electron chi connectivity index (χ2n) is 4.18. The van der Waals surface area contributed by atoms with E-state index in [0.717, 1.165) is 6.54 Å². The molecular formula is C12H15N9. The Morgan fingerprint density at radius 1 is 1.00 bits per heavy atom. The molecule has 2 N–H and O–H groups in total. The molecule has 0 unspecified atom stereocenters. The van der Waals surface area contributed by atoms with Gasteiger partial charge in [-0.2, -0.15) is 25.1 Å². The van der Waals surface area contributed by atoms with E-state index in [1.54, 1.807) is 30.3 Å². The summed E-state index contributed by atoms with van der Waals surface area (Å²) >= 11 is 0. The first-order valence-electron chi connectivity index (χ1n) is 6.50. The molecule has 9 heteroatoms. The van der Waals surface area contributed by atoms with Gasteiger partial charge in [0, 0.05) is 38.4 Å². The van der Waals surface area contributed by atoms with Gasteiger partial charge in [0.15, 0.2) is 0 Å². The molecular weight excluding hydrogens is 270 g/mol. The summed E-state index contributed by atoms with van der Waals surface area (Å²) in [5.41, 5.74) is 0. The van der Waals surface area contributed by atoms with Gasteiger partial charge in [-0.25, -0.2) is 4.68 Å². The molecule has 0 aliphatic carbocycles. The minimum atomic E-state index is 0.459. The van der Waals surface area contributed by atoms with Crippen LogP contribution in [0.2, 0.25) is 0 Å². The number of rotatable bonds is 6. The zero-order valence-electron chi connectivity index (χ0n) is 11.5. The van der Waals surface area contributed by atoms with Crippen LogP contribution in [-0.2, 0) is 6.54 Å². The van der Waals surface area contributed by atoms with Crippen LogP contribution in [0.25, 0.3) is 5.95 Å². The fourth-order valence-corrected chi connectivity index (χ4v) is 1.76. The van der Waals surface area contributed by atoms with Gasteiger partial charge in [0.25, 0.3) is 5.95 Å². The van der Waals surface area contributed by atoms with Gasteiger partial charge in [-0.05, 0) is 12.1 Å². The van der Waals surface area contributed by atoms with Crippen molar-refractivity contribution in [1.82, 2.24) is 34.5 Å². The minimum absolute atomic E-state index is 0.459. The SMILES string of the molecule is CNc1nc(NCCn2cccn2)nc(-n2cccn2)n1. The number of anilines is 2. The third-order valence-corrected chi connectivity index (χ3v) is 2.74. The summed E-state index contributed by atoms with van der Waals surface area (Å²) in [4.78, 5) is 12.9. The predicted octanol–water partition coefficient (Wildman–Crippen LogP) is 0.408. The van der Waals surface area contributed by atoms with E-state index in [1.165, 1.54) is 0 Å². The van der Waals surface area contributed by atoms with Crippen molar-refractivity contribution < 1.29 is 0 Å². The molecule has 0 amide bonds. The molecule has 3 heterocycles. The van der Waals surface area contributed by atoms with E-state index in [4.69, 9.17) is 0 Å². The van der Waals surface area contributed by atoms with Crippen LogP contribution in [0.15, 0.2) is 36.9 Å². The number of nitrogens with one attached hydrogen (secondary N) is 2. The summed E-state index contributed by atoms with van der Waals surface area (Å²) in [5, 5.41) is 14.3. The zero-order chi connectivity index (χ0) is 14.5. The van der Waals surface area contributed by atoms with Crippen molar-refractivity contribution >= 4 is 11.9 Å². The van der Waals surface area contributed by atoms with Crippen molar-refractivity contribution in [3.8, 4) is 5.95 Å². The minimum Gasteiger partial charge on any atom is -0.357 e. The number of hydrogen-bond acceptors (Lipinski definition) is 7. The molecule has 3 aromatic heterocycles. The summed E-state index contributed by atoms with van der Waals surface area (Å²) in [5.74, 6) is 1.44. The van der Waals surface area contributed by atoms with Crippen molar-refractivity contribution in [2.75, 3.05) is 24.2 Å². The lowest BCUT2D eigenvalue weighted by molar-refractivity contribution is 0.635. The Hall–Kier alpha value is -2.97. The van der Waals surface area contributed by atoms with Crippen molar-refractivity contribution in [2.24, 2.45) is 0 Å². The highest BCUT2D eigenvalue weighted by Crippen LogP contribution is 2.08. The molecule has 0 aliphatic heterocycles. The first kappa shape index (κ1) is 13.0. The quantitative estimate of drug-likeness (QED) is 0.676. The van der Waals surface area contributed by atoms with E-state index in [0.29, 0.717) is 24.4 Å². The van der Waals surface area contributed by atoms with Gasteiger partial charge in [0.05, 0.1) is 6.54 Å². The highest BCUT2D eigenvalue weighted by atomic mass is 15.4. The van der Waals surface area contributed by atoms with Gasteiger partial charge in [0.2, 0.25) is 11.9 Å². The lowest BCUT2D eigenvalue weighted by Crippen LogP contribution is -2.15. The smallest absolute Gasteiger partial charge is 0.257 e. The average Bonchev–Trinajstić information content (AvgIpc) is 3.20. The fraction of sp³-hybridized carbons (Fsp3) is 0.250. The molecule has 3 aromatic rings. The molecule has 21 heavy (non-hydrogen) atoms. The summed E-state index contributed by atoms with van der Waals surface area (Å²) in [6.45, 7) is 1.39. The molecule has 0 aromatic carbocycles. The van der Waals surface area contributed by atoms with Crippen molar-refractivity contribution in [2.45, 2.75) is 6.54 Å². The molecule has 0 aliphatic rings. The van der Waals surface area contributed by atoms with Crippen LogP contribution in [0.5, 0.6) is 0 Å². The Balaban J connectivity index is 1.73. The third kappa shape index (κ3) is 3.14. The van der Waals surface area contributed by atoms with Crippen LogP contribution in [0.1, 0.15) is 0 Å². The first-order valence-corrected chi connectivity index (χ1v) is 6.50. The highest BCUT2D eigenvalue weighted by Gasteiger charge is 2.07. The van der Waals surface area contributed by atoms with Crippen LogP contribution in [-0.4, -0.2) is 48.1 Å². The Bertz CT molecular complexity index is 675. The monoisotopic (exact) mass is 285 g/mol. The van der Waals surface area contributed by atoms with Gasteiger partial charge >= 0.3 is 0 Å². The molecule has 0 spiro atoms. The highest BCUT2D eigenvalue weighted by molar-refractivity contribution is 5.37. The summed E-state index contributed by atoms with van der Waals surface area (Å²) in [7, 11) is 1.76. The maximum absolute atomic E-state index is 4.34. The molecule has 9 nitrogen and oxygen atoms in total. The first-order chi connectivity index (χ1) is 10.3. The van der Waals surface area contributed by atoms with Crippen molar-refractivity contribution in [1.29, 1.82) is 0 Å². The lowest BCUT2D eigenvalue weighted by Gasteiger charge is -2.08. The van der Waals surface area contributed by atoms with Crippen LogP contribution in [0.4, 0.5) is 11.9 Å². The van der Waals surface area contributed by atoms with Crippen molar-refractivity contribution in [3.63, 3.8) is 0 Å². The van der Waals surface area contributed by atoms with Crippen LogP contribution >= 0.6 is 0 Å². The van der Waals surface area contributed by atoms with Gasteiger partial charge < -0.3 is 10.6 Å². The third-order valence-electron chi connectivity index (χ3n) is 2.74. The Labute approximate surface area is 121 Å². The van der Waals surface area contributed by atoms with Crippen LogP contribution in [0, 0.1) is 0 Å². The van der Waals surface area contributed by atoms with Gasteiger partial charge in [0.1, 0.15) is 0 Å². The summed E-state index contributed by atoms with van der Waals surface area (Å²) in [6.07, 6.45) is 7.11. The van der Waals surface area contributed by atoms with Crippen LogP contribution in [0.3, 0.4) is 0 Å². The maximum atomic E-state index is 4.34. The number of nitrogens with zero attached hydrogens (tertiary/aromatic N) is 7. The van der Waals surface area contributed by atoms with E-state index in [2.05, 4.69) is 35.8 Å². The molecule has 3 rings (SSSR count). The van der Waals surface area contributed by atoms with E-state index < -0.39 is 0 Å². The topological polar surface area (TPSA) is 98.4 Å². The van der Waals surface area contributed by atoms with Crippen LogP contribution < -0.4 is 10.6 Å². The van der Waals surface area contributed by atoms with E-state index in [-0.39, 0.29) is 0 Å². The van der Waals surface area contributed by atoms with Gasteiger partial charge in [-0.15, -0.1) is 0 Å². The standard InChI is InChI=1S/C12H15N9/c1-13-10-17-11(14-6-9-20-7-2-4-15-20)19-12(18-10)21-8-3-5-16-21/h2-5,7-8H,6,9H2,1H3,(H2,13,14,17,18,19). The molecule has 108 valence electrons. The molecule has 0 atom stereocenters. The normalized spacial score (nSPS) is 10.5. The maximum Gasteiger partial charge on any atom is 0.257 e. The molecule has 0 bridgehead atoms. The second-order valence-corrected chi connectivity index (χ2v) is 4.18. The Morgan fingerprint density at radius 2 is 1.81 bits per heavy atom. The Kier molecular flexibility index (Phi) is 3.72. The van der Waals surface area contributed by atoms with Crippen molar-refractivity contribution in [3.05, 3.63) is 36.9 Å². The largest absolute Gasteiger partial charge is 0.357 e. The molecule has 0 fully saturated rings. The fourth-order valence-electron chi connectivity index (χ4n) is 1.76. The van der Waals surface area contributed by atoms with Gasteiger partial charge in [-0.3, -0.25) is 4.68 Å². The van der Waals surface area contributed by atoms with E-state index >= 15 is 0 Å². The predicted molar refractivity (Wildman–Crippen MR) is 77.2 cm³/mol. The lowest BCUT2D eigenvalue weighted by atomic mass is 10.6. The Morgan fingerprint density at radius 3 is 2.52 bits per heavy atom. The summed E-state index contributed by atoms with van der Waals surface area (Å²) in [6, 6.07) is 3.70. The van der Waals surface area contributed by atoms with E-state index in [1.807, 2.05) is 23.0 Å². The molecule has 0 saturated heterocycles. The second kappa shape index (κ2) is 5.99. The van der Waals surface area contributed by atoms with E-state index in [9.17, 15) is 0 Å². The average molecular weight is 285 g/mol. The zero-order valence-corrected chi connectivity index (χ0v) is 11.5. The van der Waals surface area contributed by atoms with Gasteiger partial charge in [-0.1, -0.05) is 0 Å². The number of aromatic nitrogens is 7. The number of hydrogen-bond donors (Lipinski definition) is 2. The molecule has 0 radical (unpaired) electrons. The summed E-state index contributed by atoms with van der Waals surface area (Å²) < 4.78 is 3.42. The molecule has 0 saturated carbocycles.